The van der Waals surface area contributed by atoms with Crippen molar-refractivity contribution in [1.82, 2.24) is 14.8 Å². The first-order chi connectivity index (χ1) is 14.7. The van der Waals surface area contributed by atoms with Gasteiger partial charge >= 0.3 is 0 Å². The molecule has 0 atom stereocenters. The summed E-state index contributed by atoms with van der Waals surface area (Å²) < 4.78 is 7.27. The summed E-state index contributed by atoms with van der Waals surface area (Å²) in [5.74, 6) is 1.90. The maximum absolute atomic E-state index is 11.8. The number of piperazine rings is 1. The van der Waals surface area contributed by atoms with Gasteiger partial charge in [-0.2, -0.15) is 0 Å². The van der Waals surface area contributed by atoms with Gasteiger partial charge in [0.05, 0.1) is 12.8 Å². The number of unbranched alkanes of at least 4 members (excludes halogenated alkanes) is 1. The summed E-state index contributed by atoms with van der Waals surface area (Å²) in [5, 5.41) is 3.42. The Kier molecular flexibility index (Phi) is 10.7. The number of hydrogen-bond donors (Lipinski definition) is 1. The van der Waals surface area contributed by atoms with E-state index in [4.69, 9.17) is 9.73 Å². The number of para-hydroxylation sites is 2. The molecule has 0 radical (unpaired) electrons. The second kappa shape index (κ2) is 13.2. The molecule has 0 unspecified atom stereocenters. The van der Waals surface area contributed by atoms with Gasteiger partial charge in [0, 0.05) is 58.1 Å². The summed E-state index contributed by atoms with van der Waals surface area (Å²) in [6.45, 7) is 8.16. The largest absolute Gasteiger partial charge is 0.495 e. The molecule has 1 N–H and O–H groups in total. The molecule has 0 spiro atoms. The van der Waals surface area contributed by atoms with Crippen LogP contribution in [0.2, 0.25) is 0 Å². The molecule has 0 aliphatic carbocycles. The molecule has 1 aliphatic rings. The van der Waals surface area contributed by atoms with Gasteiger partial charge in [0.25, 0.3) is 0 Å². The fourth-order valence-electron chi connectivity index (χ4n) is 3.70. The van der Waals surface area contributed by atoms with E-state index in [9.17, 15) is 4.79 Å². The number of aromatic nitrogens is 1. The van der Waals surface area contributed by atoms with Crippen LogP contribution in [0, 0.1) is 0 Å². The van der Waals surface area contributed by atoms with Crippen molar-refractivity contribution >= 4 is 35.6 Å². The van der Waals surface area contributed by atoms with Gasteiger partial charge in [-0.25, -0.2) is 0 Å². The molecule has 31 heavy (non-hydrogen) atoms. The van der Waals surface area contributed by atoms with E-state index in [1.165, 1.54) is 0 Å². The standard InChI is InChI=1S/C23H33N5O2.HI/c1-3-24-23(25-13-7-9-15-27-14-8-6-12-22(27)29)28-18-16-26(17-19-28)20-10-4-5-11-21(20)30-2;/h4-6,8,10-12,14H,3,7,9,13,15-19H2,1-2H3,(H,24,25);1H. The van der Waals surface area contributed by atoms with Crippen LogP contribution in [0.3, 0.4) is 0 Å². The van der Waals surface area contributed by atoms with Gasteiger partial charge in [-0.05, 0) is 38.0 Å². The zero-order valence-electron chi connectivity index (χ0n) is 18.5. The molecule has 1 aromatic carbocycles. The molecule has 1 fully saturated rings. The number of benzene rings is 1. The highest BCUT2D eigenvalue weighted by molar-refractivity contribution is 14.0. The quantitative estimate of drug-likeness (QED) is 0.242. The molecule has 2 heterocycles. The minimum absolute atomic E-state index is 0. The van der Waals surface area contributed by atoms with Crippen LogP contribution >= 0.6 is 24.0 Å². The van der Waals surface area contributed by atoms with Crippen LogP contribution in [0.5, 0.6) is 5.75 Å². The Labute approximate surface area is 202 Å². The van der Waals surface area contributed by atoms with Crippen molar-refractivity contribution in [3.63, 3.8) is 0 Å². The molecule has 1 aliphatic heterocycles. The molecule has 3 rings (SSSR count). The van der Waals surface area contributed by atoms with E-state index in [1.807, 2.05) is 24.4 Å². The van der Waals surface area contributed by atoms with E-state index >= 15 is 0 Å². The van der Waals surface area contributed by atoms with Gasteiger partial charge in [0.1, 0.15) is 5.75 Å². The van der Waals surface area contributed by atoms with Crippen molar-refractivity contribution in [2.45, 2.75) is 26.3 Å². The van der Waals surface area contributed by atoms with Crippen molar-refractivity contribution in [2.75, 3.05) is 51.3 Å². The van der Waals surface area contributed by atoms with Gasteiger partial charge < -0.3 is 24.4 Å². The first-order valence-corrected chi connectivity index (χ1v) is 10.8. The number of anilines is 1. The third-order valence-corrected chi connectivity index (χ3v) is 5.31. The molecule has 170 valence electrons. The summed E-state index contributed by atoms with van der Waals surface area (Å²) >= 11 is 0. The third-order valence-electron chi connectivity index (χ3n) is 5.31. The zero-order valence-corrected chi connectivity index (χ0v) is 20.8. The van der Waals surface area contributed by atoms with E-state index < -0.39 is 0 Å². The first kappa shape index (κ1) is 25.0. The Morgan fingerprint density at radius 3 is 2.52 bits per heavy atom. The number of rotatable bonds is 8. The van der Waals surface area contributed by atoms with Crippen molar-refractivity contribution in [3.05, 3.63) is 59.0 Å². The Hall–Kier alpha value is -2.23. The number of hydrogen-bond acceptors (Lipinski definition) is 4. The molecule has 7 nitrogen and oxygen atoms in total. The van der Waals surface area contributed by atoms with Crippen LogP contribution in [0.1, 0.15) is 19.8 Å². The molecule has 0 bridgehead atoms. The van der Waals surface area contributed by atoms with Crippen LogP contribution in [0.15, 0.2) is 58.4 Å². The molecule has 0 amide bonds. The minimum atomic E-state index is 0. The van der Waals surface area contributed by atoms with Crippen LogP contribution in [-0.2, 0) is 6.54 Å². The lowest BCUT2D eigenvalue weighted by Crippen LogP contribution is -2.52. The summed E-state index contributed by atoms with van der Waals surface area (Å²) in [5.41, 5.74) is 1.21. The summed E-state index contributed by atoms with van der Waals surface area (Å²) in [6, 6.07) is 13.5. The number of pyridine rings is 1. The lowest BCUT2D eigenvalue weighted by molar-refractivity contribution is 0.367. The van der Waals surface area contributed by atoms with Gasteiger partial charge in [0.15, 0.2) is 5.96 Å². The highest BCUT2D eigenvalue weighted by Crippen LogP contribution is 2.28. The predicted molar refractivity (Wildman–Crippen MR) is 138 cm³/mol. The van der Waals surface area contributed by atoms with Gasteiger partial charge in [0.2, 0.25) is 5.56 Å². The summed E-state index contributed by atoms with van der Waals surface area (Å²) in [7, 11) is 1.72. The molecule has 0 saturated carbocycles. The number of aliphatic imine (C=N–C) groups is 1. The Balaban J connectivity index is 0.00000341. The molecular weight excluding hydrogens is 505 g/mol. The number of ether oxygens (including phenoxy) is 1. The summed E-state index contributed by atoms with van der Waals surface area (Å²) in [6.07, 6.45) is 3.74. The van der Waals surface area contributed by atoms with Crippen molar-refractivity contribution < 1.29 is 4.74 Å². The molecule has 8 heteroatoms. The van der Waals surface area contributed by atoms with Crippen LogP contribution in [0.25, 0.3) is 0 Å². The predicted octanol–water partition coefficient (Wildman–Crippen LogP) is 3.04. The van der Waals surface area contributed by atoms with E-state index in [1.54, 1.807) is 23.8 Å². The smallest absolute Gasteiger partial charge is 0.250 e. The third kappa shape index (κ3) is 7.15. The van der Waals surface area contributed by atoms with Crippen LogP contribution < -0.4 is 20.5 Å². The van der Waals surface area contributed by atoms with Gasteiger partial charge in [-0.1, -0.05) is 18.2 Å². The zero-order chi connectivity index (χ0) is 21.2. The fraction of sp³-hybridized carbons (Fsp3) is 0.478. The second-order valence-corrected chi connectivity index (χ2v) is 7.32. The number of aryl methyl sites for hydroxylation is 1. The number of guanidine groups is 1. The maximum Gasteiger partial charge on any atom is 0.250 e. The van der Waals surface area contributed by atoms with Crippen LogP contribution in [0.4, 0.5) is 5.69 Å². The van der Waals surface area contributed by atoms with Crippen molar-refractivity contribution in [2.24, 2.45) is 4.99 Å². The average molecular weight is 539 g/mol. The summed E-state index contributed by atoms with van der Waals surface area (Å²) in [4.78, 5) is 21.3. The Bertz CT molecular complexity index is 878. The maximum atomic E-state index is 11.8. The number of nitrogens with zero attached hydrogens (tertiary/aromatic N) is 4. The second-order valence-electron chi connectivity index (χ2n) is 7.32. The van der Waals surface area contributed by atoms with Crippen LogP contribution in [-0.4, -0.2) is 61.8 Å². The monoisotopic (exact) mass is 539 g/mol. The molecule has 2 aromatic rings. The van der Waals surface area contributed by atoms with Crippen molar-refractivity contribution in [3.8, 4) is 5.75 Å². The normalized spacial score (nSPS) is 14.2. The lowest BCUT2D eigenvalue weighted by atomic mass is 10.2. The number of nitrogens with one attached hydrogen (secondary N) is 1. The SMILES string of the molecule is CCNC(=NCCCCn1ccccc1=O)N1CCN(c2ccccc2OC)CC1.I. The highest BCUT2D eigenvalue weighted by atomic mass is 127. The topological polar surface area (TPSA) is 62.1 Å². The Morgan fingerprint density at radius 2 is 1.81 bits per heavy atom. The molecular formula is C23H34IN5O2. The van der Waals surface area contributed by atoms with Gasteiger partial charge in [-0.15, -0.1) is 24.0 Å². The number of methoxy groups -OCH3 is 1. The number of halogens is 1. The lowest BCUT2D eigenvalue weighted by Gasteiger charge is -2.38. The van der Waals surface area contributed by atoms with Gasteiger partial charge in [-0.3, -0.25) is 9.79 Å². The molecule has 1 saturated heterocycles. The highest BCUT2D eigenvalue weighted by Gasteiger charge is 2.21. The van der Waals surface area contributed by atoms with E-state index in [0.717, 1.165) is 76.1 Å². The average Bonchev–Trinajstić information content (AvgIpc) is 2.79. The van der Waals surface area contributed by atoms with E-state index in [-0.39, 0.29) is 29.5 Å². The molecule has 1 aromatic heterocycles. The Morgan fingerprint density at radius 1 is 1.06 bits per heavy atom. The van der Waals surface area contributed by atoms with E-state index in [0.29, 0.717) is 0 Å². The van der Waals surface area contributed by atoms with E-state index in [2.05, 4.69) is 34.2 Å². The first-order valence-electron chi connectivity index (χ1n) is 10.8. The minimum Gasteiger partial charge on any atom is -0.495 e. The van der Waals surface area contributed by atoms with Crippen molar-refractivity contribution in [1.29, 1.82) is 0 Å². The fourth-order valence-corrected chi connectivity index (χ4v) is 3.70.